The van der Waals surface area contributed by atoms with Gasteiger partial charge in [0.1, 0.15) is 0 Å². The Labute approximate surface area is 318 Å². The van der Waals surface area contributed by atoms with Crippen molar-refractivity contribution in [3.05, 3.63) is 185 Å². The quantitative estimate of drug-likeness (QED) is 0.170. The number of anilines is 1. The molecule has 260 valence electrons. The van der Waals surface area contributed by atoms with E-state index >= 15 is 0 Å². The van der Waals surface area contributed by atoms with Crippen LogP contribution in [0, 0.1) is 5.92 Å². The van der Waals surface area contributed by atoms with Gasteiger partial charge in [-0.15, -0.1) is 11.3 Å². The summed E-state index contributed by atoms with van der Waals surface area (Å²) in [5, 5.41) is 2.71. The number of nitrogens with zero attached hydrogens (tertiary/aromatic N) is 1. The summed E-state index contributed by atoms with van der Waals surface area (Å²) in [7, 11) is 0. The fraction of sp³-hybridized carbons (Fsp3) is 0.216. The van der Waals surface area contributed by atoms with Crippen LogP contribution in [0.5, 0.6) is 0 Å². The third-order valence-electron chi connectivity index (χ3n) is 12.3. The van der Waals surface area contributed by atoms with Gasteiger partial charge >= 0.3 is 0 Å². The summed E-state index contributed by atoms with van der Waals surface area (Å²) in [5.74, 6) is 0.455. The average molecular weight is 704 g/mol. The summed E-state index contributed by atoms with van der Waals surface area (Å²) in [5.41, 5.74) is 15.1. The van der Waals surface area contributed by atoms with Crippen molar-refractivity contribution in [1.29, 1.82) is 0 Å². The molecule has 5 aliphatic rings. The van der Waals surface area contributed by atoms with Crippen LogP contribution in [-0.4, -0.2) is 6.04 Å². The molecule has 0 amide bonds. The molecule has 0 fully saturated rings. The predicted molar refractivity (Wildman–Crippen MR) is 229 cm³/mol. The minimum Gasteiger partial charge on any atom is -0.338 e. The summed E-state index contributed by atoms with van der Waals surface area (Å²) in [6, 6.07) is 30.5. The van der Waals surface area contributed by atoms with Gasteiger partial charge in [0, 0.05) is 42.9 Å². The first-order valence-corrected chi connectivity index (χ1v) is 20.3. The highest BCUT2D eigenvalue weighted by Crippen LogP contribution is 2.51. The van der Waals surface area contributed by atoms with Gasteiger partial charge < -0.3 is 4.90 Å². The summed E-state index contributed by atoms with van der Waals surface area (Å²) >= 11 is 1.88. The molecule has 0 saturated carbocycles. The smallest absolute Gasteiger partial charge is 0.0556 e. The Hall–Kier alpha value is -5.18. The predicted octanol–water partition coefficient (Wildman–Crippen LogP) is 14.1. The second-order valence-electron chi connectivity index (χ2n) is 15.8. The Morgan fingerprint density at radius 1 is 0.679 bits per heavy atom. The molecule has 10 rings (SSSR count). The van der Waals surface area contributed by atoms with Gasteiger partial charge in [0.15, 0.2) is 0 Å². The van der Waals surface area contributed by atoms with Crippen molar-refractivity contribution in [2.24, 2.45) is 5.92 Å². The van der Waals surface area contributed by atoms with E-state index in [-0.39, 0.29) is 11.5 Å². The van der Waals surface area contributed by atoms with E-state index in [0.29, 0.717) is 5.92 Å². The summed E-state index contributed by atoms with van der Waals surface area (Å²) in [4.78, 5) is 2.64. The molecule has 5 aromatic rings. The molecule has 0 aliphatic heterocycles. The molecule has 2 unspecified atom stereocenters. The lowest BCUT2D eigenvalue weighted by atomic mass is 9.81. The summed E-state index contributed by atoms with van der Waals surface area (Å²) < 4.78 is 2.71. The Bertz CT molecular complexity index is 2550. The normalized spacial score (nSPS) is 21.2. The topological polar surface area (TPSA) is 3.24 Å². The van der Waals surface area contributed by atoms with Crippen LogP contribution in [0.3, 0.4) is 0 Å². The third-order valence-corrected chi connectivity index (χ3v) is 13.5. The van der Waals surface area contributed by atoms with E-state index in [2.05, 4.69) is 171 Å². The van der Waals surface area contributed by atoms with Crippen molar-refractivity contribution >= 4 is 37.2 Å². The minimum atomic E-state index is -0.110. The van der Waals surface area contributed by atoms with E-state index in [9.17, 15) is 0 Å². The van der Waals surface area contributed by atoms with Crippen LogP contribution in [0.4, 0.5) is 5.69 Å². The maximum atomic E-state index is 2.64. The lowest BCUT2D eigenvalue weighted by molar-refractivity contribution is 0.657. The molecule has 5 aliphatic carbocycles. The summed E-state index contributed by atoms with van der Waals surface area (Å²) in [6.45, 7) is 4.84. The number of fused-ring (bicyclic) bond motifs is 6. The molecule has 0 radical (unpaired) electrons. The van der Waals surface area contributed by atoms with Crippen LogP contribution in [0.15, 0.2) is 174 Å². The molecule has 4 aromatic carbocycles. The molecule has 1 aromatic heterocycles. The van der Waals surface area contributed by atoms with Gasteiger partial charge in [-0.25, -0.2) is 0 Å². The van der Waals surface area contributed by atoms with Gasteiger partial charge in [-0.1, -0.05) is 123 Å². The van der Waals surface area contributed by atoms with Gasteiger partial charge in [-0.3, -0.25) is 0 Å². The molecule has 2 atom stereocenters. The third kappa shape index (κ3) is 5.67. The van der Waals surface area contributed by atoms with Crippen LogP contribution >= 0.6 is 11.3 Å². The molecule has 1 nitrogen and oxygen atoms in total. The van der Waals surface area contributed by atoms with Crippen molar-refractivity contribution < 1.29 is 0 Å². The highest BCUT2D eigenvalue weighted by Gasteiger charge is 2.37. The number of hydrogen-bond acceptors (Lipinski definition) is 2. The fourth-order valence-electron chi connectivity index (χ4n) is 9.36. The summed E-state index contributed by atoms with van der Waals surface area (Å²) in [6.07, 6.45) is 34.9. The molecule has 1 heterocycles. The van der Waals surface area contributed by atoms with Crippen LogP contribution in [0.25, 0.3) is 42.4 Å². The number of allylic oxidation sites excluding steroid dienone is 14. The Kier molecular flexibility index (Phi) is 7.99. The zero-order valence-corrected chi connectivity index (χ0v) is 31.5. The molecule has 53 heavy (non-hydrogen) atoms. The molecule has 0 spiro atoms. The average Bonchev–Trinajstić information content (AvgIpc) is 3.70. The molecule has 0 bridgehead atoms. The van der Waals surface area contributed by atoms with E-state index in [1.807, 2.05) is 11.3 Å². The number of benzene rings is 4. The van der Waals surface area contributed by atoms with E-state index < -0.39 is 0 Å². The van der Waals surface area contributed by atoms with Gasteiger partial charge in [-0.2, -0.15) is 0 Å². The van der Waals surface area contributed by atoms with Crippen molar-refractivity contribution in [3.8, 4) is 22.3 Å². The lowest BCUT2D eigenvalue weighted by Crippen LogP contribution is -2.34. The van der Waals surface area contributed by atoms with Crippen molar-refractivity contribution in [1.82, 2.24) is 0 Å². The molecular formula is C51H45NS. The maximum Gasteiger partial charge on any atom is 0.0556 e. The van der Waals surface area contributed by atoms with Crippen molar-refractivity contribution in [2.45, 2.75) is 63.8 Å². The van der Waals surface area contributed by atoms with Gasteiger partial charge in [0.05, 0.1) is 6.04 Å². The highest BCUT2D eigenvalue weighted by atomic mass is 32.1. The number of rotatable bonds is 6. The Balaban J connectivity index is 0.940. The first kappa shape index (κ1) is 32.5. The first-order chi connectivity index (χ1) is 26.0. The first-order valence-electron chi connectivity index (χ1n) is 19.5. The molecule has 2 heteroatoms. The Morgan fingerprint density at radius 2 is 1.45 bits per heavy atom. The van der Waals surface area contributed by atoms with Crippen LogP contribution in [0.2, 0.25) is 0 Å². The lowest BCUT2D eigenvalue weighted by Gasteiger charge is -2.37. The van der Waals surface area contributed by atoms with Gasteiger partial charge in [0.25, 0.3) is 0 Å². The van der Waals surface area contributed by atoms with Gasteiger partial charge in [-0.05, 0) is 131 Å². The van der Waals surface area contributed by atoms with Crippen LogP contribution in [-0.2, 0) is 5.41 Å². The van der Waals surface area contributed by atoms with Gasteiger partial charge in [0.2, 0.25) is 0 Å². The maximum absolute atomic E-state index is 2.64. The molecular weight excluding hydrogens is 659 g/mol. The number of hydrogen-bond donors (Lipinski definition) is 0. The second kappa shape index (κ2) is 13.0. The largest absolute Gasteiger partial charge is 0.338 e. The standard InChI is InChI=1S/C51H45NS/c1-51(2)47-32-39(38-24-30-50-46(31-38)45-15-9-10-16-49(45)53-50)23-28-43(47)44-29-27-42(33-48(44)51)52(40-13-7-4-8-14-40)41-25-21-37(22-26-41)36-19-17-35(18-20-36)34-11-5-3-6-12-34/h3-5,7,9-11,13,15-19,21-25,27-33,36,41H,6,8,12,14,20,26H2,1-2H3. The van der Waals surface area contributed by atoms with Crippen molar-refractivity contribution in [2.75, 3.05) is 4.90 Å². The monoisotopic (exact) mass is 703 g/mol. The van der Waals surface area contributed by atoms with Crippen molar-refractivity contribution in [3.63, 3.8) is 0 Å². The van der Waals surface area contributed by atoms with E-state index in [0.717, 1.165) is 38.5 Å². The SMILES string of the molecule is CC1(C)c2cc(-c3ccc4sc5ccccc5c4c3)ccc2-c2ccc(N(C3=CC=CCC3)C3C=CC(C4C=CC(C5=CC=CCC5)=CC4)=CC3)cc21. The van der Waals surface area contributed by atoms with Crippen LogP contribution < -0.4 is 4.90 Å². The second-order valence-corrected chi connectivity index (χ2v) is 16.9. The minimum absolute atomic E-state index is 0.110. The zero-order valence-electron chi connectivity index (χ0n) is 30.7. The Morgan fingerprint density at radius 3 is 2.23 bits per heavy atom. The van der Waals surface area contributed by atoms with Crippen LogP contribution in [0.1, 0.15) is 63.5 Å². The van der Waals surface area contributed by atoms with E-state index in [1.54, 1.807) is 0 Å². The van der Waals surface area contributed by atoms with E-state index in [4.69, 9.17) is 0 Å². The molecule has 0 N–H and O–H groups in total. The highest BCUT2D eigenvalue weighted by molar-refractivity contribution is 7.25. The number of thiophene rings is 1. The molecule has 0 saturated heterocycles. The fourth-order valence-corrected chi connectivity index (χ4v) is 10.4. The van der Waals surface area contributed by atoms with E-state index in [1.165, 1.54) is 81.7 Å². The zero-order chi connectivity index (χ0) is 35.5.